The van der Waals surface area contributed by atoms with E-state index in [0.717, 1.165) is 24.3 Å². The minimum absolute atomic E-state index is 0.00872. The van der Waals surface area contributed by atoms with Gasteiger partial charge >= 0.3 is 24.1 Å². The van der Waals surface area contributed by atoms with Crippen molar-refractivity contribution in [3.63, 3.8) is 0 Å². The van der Waals surface area contributed by atoms with Gasteiger partial charge in [-0.1, -0.05) is 12.1 Å². The molecule has 142 valence electrons. The Bertz CT molecular complexity index is 721. The van der Waals surface area contributed by atoms with Crippen molar-refractivity contribution in [1.82, 2.24) is 10.6 Å². The van der Waals surface area contributed by atoms with Crippen LogP contribution in [0, 0.1) is 5.92 Å². The fourth-order valence-corrected chi connectivity index (χ4v) is 2.65. The van der Waals surface area contributed by atoms with E-state index >= 15 is 0 Å². The molecule has 0 aliphatic carbocycles. The highest BCUT2D eigenvalue weighted by molar-refractivity contribution is 5.88. The minimum atomic E-state index is -5.37. The van der Waals surface area contributed by atoms with Crippen LogP contribution in [0.1, 0.15) is 28.9 Å². The van der Waals surface area contributed by atoms with Crippen molar-refractivity contribution in [2.45, 2.75) is 24.9 Å². The van der Waals surface area contributed by atoms with Gasteiger partial charge in [0.2, 0.25) is 0 Å². The van der Waals surface area contributed by atoms with Crippen molar-refractivity contribution in [2.24, 2.45) is 5.92 Å². The summed E-state index contributed by atoms with van der Waals surface area (Å²) in [5.41, 5.74) is -4.02. The van der Waals surface area contributed by atoms with Crippen LogP contribution in [0.5, 0.6) is 0 Å². The van der Waals surface area contributed by atoms with Gasteiger partial charge in [-0.05, 0) is 24.6 Å². The Morgan fingerprint density at radius 2 is 1.85 bits per heavy atom. The standard InChI is InChI=1S/C15H15F3N2O6/c1-2-26-12(23)9-10(7-3-5-8(6-4-7)11(21)22)19-13(24)20-14(9,25)15(16,17)18/h3-6,9-10,25H,2H2,1H3,(H,21,22)(H2,19,20,24)/t9-,10-,14-/m0/s1. The fourth-order valence-electron chi connectivity index (χ4n) is 2.65. The number of hydrogen-bond acceptors (Lipinski definition) is 5. The Kier molecular flexibility index (Phi) is 5.12. The van der Waals surface area contributed by atoms with Crippen LogP contribution >= 0.6 is 0 Å². The number of nitrogens with one attached hydrogen (secondary N) is 2. The third-order valence-electron chi connectivity index (χ3n) is 3.86. The lowest BCUT2D eigenvalue weighted by Crippen LogP contribution is -2.73. The van der Waals surface area contributed by atoms with E-state index in [2.05, 4.69) is 10.1 Å². The number of alkyl halides is 3. The Labute approximate surface area is 144 Å². The van der Waals surface area contributed by atoms with Crippen LogP contribution in [-0.4, -0.2) is 46.7 Å². The lowest BCUT2D eigenvalue weighted by atomic mass is 9.82. The maximum atomic E-state index is 13.4. The monoisotopic (exact) mass is 376 g/mol. The van der Waals surface area contributed by atoms with Crippen molar-refractivity contribution in [2.75, 3.05) is 6.61 Å². The molecular formula is C15H15F3N2O6. The summed E-state index contributed by atoms with van der Waals surface area (Å²) in [7, 11) is 0. The number of amides is 2. The first-order valence-corrected chi connectivity index (χ1v) is 7.39. The number of aromatic carboxylic acids is 1. The zero-order chi connectivity index (χ0) is 19.7. The molecule has 1 aliphatic heterocycles. The lowest BCUT2D eigenvalue weighted by Gasteiger charge is -2.44. The van der Waals surface area contributed by atoms with Gasteiger partial charge in [-0.25, -0.2) is 9.59 Å². The van der Waals surface area contributed by atoms with Crippen LogP contribution in [-0.2, 0) is 9.53 Å². The molecule has 3 atom stereocenters. The number of carbonyl (C=O) groups excluding carboxylic acids is 2. The van der Waals surface area contributed by atoms with Gasteiger partial charge in [-0.2, -0.15) is 13.2 Å². The van der Waals surface area contributed by atoms with Crippen molar-refractivity contribution < 1.29 is 42.5 Å². The van der Waals surface area contributed by atoms with Crippen LogP contribution in [0.4, 0.5) is 18.0 Å². The van der Waals surface area contributed by atoms with E-state index in [-0.39, 0.29) is 17.7 Å². The average molecular weight is 376 g/mol. The van der Waals surface area contributed by atoms with Gasteiger partial charge in [0.25, 0.3) is 5.72 Å². The molecule has 26 heavy (non-hydrogen) atoms. The Hall–Kier alpha value is -2.82. The molecule has 0 aromatic heterocycles. The summed E-state index contributed by atoms with van der Waals surface area (Å²) >= 11 is 0. The van der Waals surface area contributed by atoms with Crippen molar-refractivity contribution in [3.8, 4) is 0 Å². The predicted octanol–water partition coefficient (Wildman–Crippen LogP) is 1.17. The van der Waals surface area contributed by atoms with Crippen LogP contribution in [0.25, 0.3) is 0 Å². The van der Waals surface area contributed by atoms with Gasteiger partial charge in [0.15, 0.2) is 0 Å². The molecule has 2 rings (SSSR count). The second kappa shape index (κ2) is 6.83. The fraction of sp³-hybridized carbons (Fsp3) is 0.400. The number of carboxylic acids is 1. The van der Waals surface area contributed by atoms with E-state index in [0.29, 0.717) is 0 Å². The molecule has 0 saturated carbocycles. The summed E-state index contributed by atoms with van der Waals surface area (Å²) in [6.45, 7) is 1.12. The van der Waals surface area contributed by atoms with Crippen LogP contribution in [0.3, 0.4) is 0 Å². The number of carboxylic acid groups (broad SMARTS) is 1. The predicted molar refractivity (Wildman–Crippen MR) is 78.9 cm³/mol. The number of urea groups is 1. The third-order valence-corrected chi connectivity index (χ3v) is 3.86. The maximum absolute atomic E-state index is 13.4. The van der Waals surface area contributed by atoms with Crippen molar-refractivity contribution >= 4 is 18.0 Å². The molecule has 2 amide bonds. The smallest absolute Gasteiger partial charge is 0.437 e. The van der Waals surface area contributed by atoms with E-state index in [9.17, 15) is 32.7 Å². The quantitative estimate of drug-likeness (QED) is 0.585. The number of aliphatic hydroxyl groups is 1. The van der Waals surface area contributed by atoms with Crippen LogP contribution in [0.15, 0.2) is 24.3 Å². The van der Waals surface area contributed by atoms with E-state index in [1.165, 1.54) is 12.2 Å². The normalized spacial score (nSPS) is 25.8. The molecule has 1 aromatic carbocycles. The molecule has 4 N–H and O–H groups in total. The van der Waals surface area contributed by atoms with E-state index in [4.69, 9.17) is 5.11 Å². The third kappa shape index (κ3) is 3.43. The van der Waals surface area contributed by atoms with Gasteiger partial charge in [-0.3, -0.25) is 4.79 Å². The number of ether oxygens (including phenoxy) is 1. The largest absolute Gasteiger partial charge is 0.478 e. The average Bonchev–Trinajstić information content (AvgIpc) is 2.53. The van der Waals surface area contributed by atoms with E-state index < -0.39 is 41.8 Å². The number of rotatable bonds is 4. The summed E-state index contributed by atoms with van der Waals surface area (Å²) in [6.07, 6.45) is -5.37. The number of benzene rings is 1. The molecule has 1 fully saturated rings. The molecule has 1 aliphatic rings. The molecule has 1 heterocycles. The SMILES string of the molecule is CCOC(=O)[C@@H]1[C@H](c2ccc(C(=O)O)cc2)NC(=O)N[C@@]1(O)C(F)(F)F. The van der Waals surface area contributed by atoms with E-state index in [1.807, 2.05) is 0 Å². The highest BCUT2D eigenvalue weighted by Gasteiger charge is 2.67. The van der Waals surface area contributed by atoms with Crippen LogP contribution in [0.2, 0.25) is 0 Å². The van der Waals surface area contributed by atoms with E-state index in [1.54, 1.807) is 0 Å². The summed E-state index contributed by atoms with van der Waals surface area (Å²) < 4.78 is 44.9. The molecule has 0 unspecified atom stereocenters. The zero-order valence-corrected chi connectivity index (χ0v) is 13.3. The Morgan fingerprint density at radius 3 is 2.31 bits per heavy atom. The number of halogens is 3. The van der Waals surface area contributed by atoms with Crippen molar-refractivity contribution in [1.29, 1.82) is 0 Å². The first-order valence-electron chi connectivity index (χ1n) is 7.39. The topological polar surface area (TPSA) is 125 Å². The molecular weight excluding hydrogens is 361 g/mol. The van der Waals surface area contributed by atoms with Gasteiger partial charge < -0.3 is 25.6 Å². The zero-order valence-electron chi connectivity index (χ0n) is 13.3. The molecule has 8 nitrogen and oxygen atoms in total. The minimum Gasteiger partial charge on any atom is -0.478 e. The Balaban J connectivity index is 2.54. The first-order chi connectivity index (χ1) is 12.0. The molecule has 1 aromatic rings. The highest BCUT2D eigenvalue weighted by Crippen LogP contribution is 2.43. The molecule has 0 bridgehead atoms. The molecule has 0 spiro atoms. The maximum Gasteiger partial charge on any atom is 0.437 e. The van der Waals surface area contributed by atoms with Gasteiger partial charge in [0.05, 0.1) is 18.2 Å². The molecule has 1 saturated heterocycles. The van der Waals surface area contributed by atoms with Crippen LogP contribution < -0.4 is 10.6 Å². The Morgan fingerprint density at radius 1 is 1.27 bits per heavy atom. The summed E-state index contributed by atoms with van der Waals surface area (Å²) in [5.74, 6) is -4.90. The number of esters is 1. The second-order valence-electron chi connectivity index (χ2n) is 5.50. The number of carbonyl (C=O) groups is 3. The van der Waals surface area contributed by atoms with Gasteiger partial charge in [0, 0.05) is 0 Å². The highest BCUT2D eigenvalue weighted by atomic mass is 19.4. The summed E-state index contributed by atoms with van der Waals surface area (Å²) in [6, 6.07) is 1.53. The first kappa shape index (κ1) is 19.5. The van der Waals surface area contributed by atoms with Gasteiger partial charge in [-0.15, -0.1) is 0 Å². The van der Waals surface area contributed by atoms with Crippen molar-refractivity contribution in [3.05, 3.63) is 35.4 Å². The lowest BCUT2D eigenvalue weighted by molar-refractivity contribution is -0.294. The van der Waals surface area contributed by atoms with Gasteiger partial charge in [0.1, 0.15) is 5.92 Å². The second-order valence-corrected chi connectivity index (χ2v) is 5.50. The summed E-state index contributed by atoms with van der Waals surface area (Å²) in [4.78, 5) is 34.7. The summed E-state index contributed by atoms with van der Waals surface area (Å²) in [5, 5.41) is 22.5. The molecule has 0 radical (unpaired) electrons. The number of hydrogen-bond donors (Lipinski definition) is 4. The molecule has 11 heteroatoms.